The van der Waals surface area contributed by atoms with Gasteiger partial charge in [0.25, 0.3) is 5.88 Å². The second kappa shape index (κ2) is 11.6. The Balaban J connectivity index is 0.000000208. The van der Waals surface area contributed by atoms with E-state index in [9.17, 15) is 49.7 Å². The molecule has 0 bridgehead atoms. The number of alkyl halides is 6. The Hall–Kier alpha value is -4.51. The molecular formula is C25H13ClF9N3O5. The Morgan fingerprint density at radius 1 is 0.884 bits per heavy atom. The monoisotopic (exact) mass is 641 g/mol. The zero-order valence-electron chi connectivity index (χ0n) is 20.6. The van der Waals surface area contributed by atoms with E-state index >= 15 is 0 Å². The van der Waals surface area contributed by atoms with Crippen molar-refractivity contribution in [3.63, 3.8) is 0 Å². The molecular weight excluding hydrogens is 629 g/mol. The Morgan fingerprint density at radius 3 is 2.09 bits per heavy atom. The zero-order valence-corrected chi connectivity index (χ0v) is 21.4. The van der Waals surface area contributed by atoms with Crippen LogP contribution in [0.1, 0.15) is 17.7 Å². The van der Waals surface area contributed by atoms with Gasteiger partial charge < -0.3 is 24.2 Å². The zero-order chi connectivity index (χ0) is 31.7. The molecule has 3 heterocycles. The lowest BCUT2D eigenvalue weighted by Gasteiger charge is -2.22. The van der Waals surface area contributed by atoms with Crippen molar-refractivity contribution in [2.24, 2.45) is 5.16 Å². The molecule has 228 valence electrons. The number of pyridine rings is 1. The number of aromatic nitrogens is 2. The summed E-state index contributed by atoms with van der Waals surface area (Å²) < 4.78 is 126. The standard InChI is InChI=1S/C15H6ClF5N2O2.C10H7F4NO3/c16-7-4-9(18)13(22-5-7)24-10-3-1-2-8(17)12(10)14-23-6-11(25-14)15(19,20)21;11-5-2-1-3-7(16)8(5)6-4-9(17,18-15-6)10(12,13)14/h1-6H;1-3,16-17H,4H2. The number of phenolic OH excluding ortho intramolecular Hbond substituents is 1. The van der Waals surface area contributed by atoms with Crippen LogP contribution in [0.25, 0.3) is 11.5 Å². The van der Waals surface area contributed by atoms with E-state index in [1.807, 2.05) is 0 Å². The molecule has 8 nitrogen and oxygen atoms in total. The van der Waals surface area contributed by atoms with Gasteiger partial charge in [0.05, 0.1) is 23.2 Å². The minimum atomic E-state index is -5.07. The highest BCUT2D eigenvalue weighted by atomic mass is 35.5. The van der Waals surface area contributed by atoms with Crippen molar-refractivity contribution in [3.8, 4) is 28.8 Å². The van der Waals surface area contributed by atoms with Gasteiger partial charge >= 0.3 is 18.1 Å². The second-order valence-electron chi connectivity index (χ2n) is 8.41. The van der Waals surface area contributed by atoms with Crippen LogP contribution in [0.3, 0.4) is 0 Å². The molecule has 1 unspecified atom stereocenters. The quantitative estimate of drug-likeness (QED) is 0.224. The summed E-state index contributed by atoms with van der Waals surface area (Å²) in [6.45, 7) is 0. The maximum Gasteiger partial charge on any atom is 0.458 e. The summed E-state index contributed by atoms with van der Waals surface area (Å²) in [6, 6.07) is 7.51. The molecule has 0 aliphatic carbocycles. The number of nitrogens with zero attached hydrogens (tertiary/aromatic N) is 3. The number of phenols is 1. The number of hydrogen-bond donors (Lipinski definition) is 2. The number of rotatable bonds is 4. The van der Waals surface area contributed by atoms with Gasteiger partial charge in [0.2, 0.25) is 11.7 Å². The van der Waals surface area contributed by atoms with E-state index in [0.717, 1.165) is 30.5 Å². The molecule has 0 amide bonds. The Morgan fingerprint density at radius 2 is 1.53 bits per heavy atom. The summed E-state index contributed by atoms with van der Waals surface area (Å²) >= 11 is 5.57. The van der Waals surface area contributed by atoms with Crippen molar-refractivity contribution >= 4 is 17.3 Å². The van der Waals surface area contributed by atoms with Gasteiger partial charge in [0, 0.05) is 6.20 Å². The molecule has 2 aromatic heterocycles. The van der Waals surface area contributed by atoms with Crippen molar-refractivity contribution in [2.45, 2.75) is 24.6 Å². The maximum atomic E-state index is 14.1. The molecule has 18 heteroatoms. The number of aromatic hydroxyl groups is 1. The molecule has 1 atom stereocenters. The first-order valence-electron chi connectivity index (χ1n) is 11.3. The van der Waals surface area contributed by atoms with Crippen molar-refractivity contribution in [3.05, 3.63) is 88.7 Å². The smallest absolute Gasteiger partial charge is 0.458 e. The van der Waals surface area contributed by atoms with Gasteiger partial charge in [-0.3, -0.25) is 0 Å². The number of oxime groups is 1. The van der Waals surface area contributed by atoms with Crippen LogP contribution < -0.4 is 4.74 Å². The number of oxazole rings is 1. The van der Waals surface area contributed by atoms with Crippen molar-refractivity contribution < 1.29 is 63.7 Å². The second-order valence-corrected chi connectivity index (χ2v) is 8.84. The largest absolute Gasteiger partial charge is 0.507 e. The van der Waals surface area contributed by atoms with E-state index in [0.29, 0.717) is 6.20 Å². The van der Waals surface area contributed by atoms with Gasteiger partial charge in [-0.15, -0.1) is 0 Å². The van der Waals surface area contributed by atoms with Gasteiger partial charge in [-0.1, -0.05) is 28.9 Å². The number of aliphatic hydroxyl groups is 1. The predicted molar refractivity (Wildman–Crippen MR) is 127 cm³/mol. The minimum Gasteiger partial charge on any atom is -0.507 e. The van der Waals surface area contributed by atoms with Crippen LogP contribution in [0.5, 0.6) is 17.4 Å². The van der Waals surface area contributed by atoms with Crippen LogP contribution in [0.15, 0.2) is 64.4 Å². The number of halogens is 10. The summed E-state index contributed by atoms with van der Waals surface area (Å²) in [5.41, 5.74) is -1.53. The molecule has 1 aliphatic rings. The third-order valence-electron chi connectivity index (χ3n) is 5.39. The first kappa shape index (κ1) is 31.4. The molecule has 4 aromatic rings. The number of hydrogen-bond acceptors (Lipinski definition) is 8. The Bertz CT molecular complexity index is 1660. The van der Waals surface area contributed by atoms with Crippen LogP contribution in [0, 0.1) is 17.5 Å². The Kier molecular flexibility index (Phi) is 8.51. The van der Waals surface area contributed by atoms with Gasteiger partial charge in [-0.05, 0) is 30.3 Å². The average Bonchev–Trinajstić information content (AvgIpc) is 3.54. The molecule has 2 aromatic carbocycles. The normalized spacial score (nSPS) is 16.7. The third-order valence-corrected chi connectivity index (χ3v) is 5.60. The minimum absolute atomic E-state index is 0.00633. The lowest BCUT2D eigenvalue weighted by atomic mass is 10.0. The SMILES string of the molecule is Fc1cc(Cl)cnc1Oc1cccc(F)c1-c1ncc(C(F)(F)F)o1.Oc1cccc(F)c1C1=NOC(O)(C(F)(F)F)C1. The molecule has 5 rings (SSSR count). The summed E-state index contributed by atoms with van der Waals surface area (Å²) in [5, 5.41) is 21.6. The van der Waals surface area contributed by atoms with Gasteiger partial charge in [-0.25, -0.2) is 23.1 Å². The van der Waals surface area contributed by atoms with Crippen molar-refractivity contribution in [1.29, 1.82) is 0 Å². The Labute approximate surface area is 238 Å². The number of benzene rings is 2. The summed E-state index contributed by atoms with van der Waals surface area (Å²) in [7, 11) is 0. The molecule has 2 N–H and O–H groups in total. The first-order valence-corrected chi connectivity index (χ1v) is 11.7. The predicted octanol–water partition coefficient (Wildman–Crippen LogP) is 7.39. The molecule has 0 spiro atoms. The van der Waals surface area contributed by atoms with E-state index in [4.69, 9.17) is 16.3 Å². The van der Waals surface area contributed by atoms with Crippen LogP contribution in [-0.2, 0) is 11.0 Å². The average molecular weight is 642 g/mol. The van der Waals surface area contributed by atoms with Crippen molar-refractivity contribution in [1.82, 2.24) is 9.97 Å². The van der Waals surface area contributed by atoms with E-state index in [2.05, 4.69) is 24.4 Å². The van der Waals surface area contributed by atoms with Crippen LogP contribution in [-0.4, -0.2) is 37.9 Å². The maximum absolute atomic E-state index is 14.1. The van der Waals surface area contributed by atoms with Crippen LogP contribution in [0.2, 0.25) is 5.02 Å². The molecule has 1 aliphatic heterocycles. The first-order chi connectivity index (χ1) is 20.0. The van der Waals surface area contributed by atoms with Gasteiger partial charge in [-0.2, -0.15) is 26.3 Å². The third kappa shape index (κ3) is 6.77. The van der Waals surface area contributed by atoms with E-state index < -0.39 is 82.1 Å². The molecule has 0 radical (unpaired) electrons. The van der Waals surface area contributed by atoms with E-state index in [1.165, 1.54) is 18.2 Å². The molecule has 0 fully saturated rings. The van der Waals surface area contributed by atoms with E-state index in [1.54, 1.807) is 0 Å². The highest BCUT2D eigenvalue weighted by Crippen LogP contribution is 2.41. The number of ether oxygens (including phenoxy) is 1. The fourth-order valence-electron chi connectivity index (χ4n) is 3.41. The molecule has 0 saturated heterocycles. The van der Waals surface area contributed by atoms with Crippen LogP contribution in [0.4, 0.5) is 39.5 Å². The van der Waals surface area contributed by atoms with Gasteiger partial charge in [0.1, 0.15) is 34.4 Å². The summed E-state index contributed by atoms with van der Waals surface area (Å²) in [4.78, 5) is 10.9. The highest BCUT2D eigenvalue weighted by molar-refractivity contribution is 6.30. The van der Waals surface area contributed by atoms with Crippen molar-refractivity contribution in [2.75, 3.05) is 0 Å². The summed E-state index contributed by atoms with van der Waals surface area (Å²) in [6.07, 6.45) is -9.45. The lowest BCUT2D eigenvalue weighted by molar-refractivity contribution is -0.355. The molecule has 43 heavy (non-hydrogen) atoms. The van der Waals surface area contributed by atoms with Gasteiger partial charge in [0.15, 0.2) is 5.82 Å². The van der Waals surface area contributed by atoms with E-state index in [-0.39, 0.29) is 10.8 Å². The lowest BCUT2D eigenvalue weighted by Crippen LogP contribution is -2.45. The van der Waals surface area contributed by atoms with Crippen LogP contribution >= 0.6 is 11.6 Å². The fourth-order valence-corrected chi connectivity index (χ4v) is 3.55. The topological polar surface area (TPSA) is 110 Å². The fraction of sp³-hybridized carbons (Fsp3) is 0.160. The summed E-state index contributed by atoms with van der Waals surface area (Å²) in [5.74, 6) is -9.89. The highest BCUT2D eigenvalue weighted by Gasteiger charge is 2.60. The molecule has 0 saturated carbocycles.